The molecule has 0 bridgehead atoms. The maximum absolute atomic E-state index is 13.6. The van der Waals surface area contributed by atoms with Crippen LogP contribution in [0.1, 0.15) is 39.0 Å². The maximum atomic E-state index is 13.6. The summed E-state index contributed by atoms with van der Waals surface area (Å²) in [6, 6.07) is 20.8. The summed E-state index contributed by atoms with van der Waals surface area (Å²) in [7, 11) is -2.46. The normalized spacial score (nSPS) is 16.6. The summed E-state index contributed by atoms with van der Waals surface area (Å²) in [5, 5.41) is 2.75. The van der Waals surface area contributed by atoms with Gasteiger partial charge in [0.1, 0.15) is 5.41 Å². The molecule has 1 nitrogen and oxygen atoms in total. The summed E-state index contributed by atoms with van der Waals surface area (Å²) < 4.78 is 0. The van der Waals surface area contributed by atoms with Crippen LogP contribution in [-0.2, 0) is 4.79 Å². The van der Waals surface area contributed by atoms with Crippen LogP contribution >= 0.6 is 0 Å². The van der Waals surface area contributed by atoms with E-state index in [1.807, 2.05) is 19.1 Å². The Balaban J connectivity index is 2.00. The third kappa shape index (κ3) is 3.85. The van der Waals surface area contributed by atoms with Gasteiger partial charge < -0.3 is 0 Å². The third-order valence-corrected chi connectivity index (χ3v) is 9.93. The average molecular weight is 349 g/mol. The highest BCUT2D eigenvalue weighted by Crippen LogP contribution is 2.26. The van der Waals surface area contributed by atoms with Gasteiger partial charge in [-0.1, -0.05) is 92.5 Å². The van der Waals surface area contributed by atoms with Crippen molar-refractivity contribution >= 4 is 23.9 Å². The molecule has 3 rings (SSSR count). The molecule has 1 aliphatic carbocycles. The third-order valence-electron chi connectivity index (χ3n) is 5.65. The first-order valence-corrected chi connectivity index (χ1v) is 12.0. The number of carbonyl (C=O) groups excluding carboxylic acids is 1. The largest absolute Gasteiger partial charge is 0.300 e. The molecule has 1 fully saturated rings. The molecule has 2 heteroatoms. The van der Waals surface area contributed by atoms with E-state index in [9.17, 15) is 4.79 Å². The summed E-state index contributed by atoms with van der Waals surface area (Å²) >= 11 is 0. The van der Waals surface area contributed by atoms with Crippen LogP contribution in [0.4, 0.5) is 0 Å². The Bertz CT molecular complexity index is 688. The molecule has 0 aliphatic heterocycles. The van der Waals surface area contributed by atoms with Crippen LogP contribution in [0, 0.1) is 5.92 Å². The van der Waals surface area contributed by atoms with Crippen molar-refractivity contribution in [3.8, 4) is 0 Å². The van der Waals surface area contributed by atoms with Crippen LogP contribution < -0.4 is 10.4 Å². The van der Waals surface area contributed by atoms with E-state index in [1.165, 1.54) is 42.5 Å². The molecule has 0 unspecified atom stereocenters. The molecule has 0 saturated heterocycles. The van der Waals surface area contributed by atoms with Gasteiger partial charge in [0.05, 0.1) is 0 Å². The summed E-state index contributed by atoms with van der Waals surface area (Å²) in [5.74, 6) is 0.586. The van der Waals surface area contributed by atoms with E-state index in [0.717, 1.165) is 5.57 Å². The van der Waals surface area contributed by atoms with Crippen LogP contribution in [-0.4, -0.2) is 13.5 Å². The molecule has 0 aromatic heterocycles. The quantitative estimate of drug-likeness (QED) is 0.574. The maximum Gasteiger partial charge on any atom is 0.196 e. The number of hydrogen-bond acceptors (Lipinski definition) is 1. The molecule has 130 valence electrons. The molecule has 2 aromatic rings. The Morgan fingerprint density at radius 1 is 0.880 bits per heavy atom. The Morgan fingerprint density at radius 2 is 1.36 bits per heavy atom. The van der Waals surface area contributed by atoms with Gasteiger partial charge in [0.25, 0.3) is 0 Å². The van der Waals surface area contributed by atoms with Crippen molar-refractivity contribution in [3.63, 3.8) is 0 Å². The fourth-order valence-electron chi connectivity index (χ4n) is 4.10. The molecule has 1 aliphatic rings. The first kappa shape index (κ1) is 17.9. The van der Waals surface area contributed by atoms with E-state index < -0.39 is 8.07 Å². The minimum absolute atomic E-state index is 0.357. The van der Waals surface area contributed by atoms with Crippen LogP contribution in [0.5, 0.6) is 0 Å². The molecule has 0 heterocycles. The van der Waals surface area contributed by atoms with Gasteiger partial charge >= 0.3 is 0 Å². The zero-order chi connectivity index (χ0) is 17.7. The van der Waals surface area contributed by atoms with Gasteiger partial charge in [0.15, 0.2) is 8.07 Å². The van der Waals surface area contributed by atoms with Crippen molar-refractivity contribution in [1.82, 2.24) is 0 Å². The van der Waals surface area contributed by atoms with Gasteiger partial charge in [-0.25, -0.2) is 0 Å². The molecule has 2 aromatic carbocycles. The molecule has 0 amide bonds. The van der Waals surface area contributed by atoms with Crippen LogP contribution in [0.2, 0.25) is 6.55 Å². The topological polar surface area (TPSA) is 17.1 Å². The summed E-state index contributed by atoms with van der Waals surface area (Å²) in [5.41, 5.74) is 0.966. The van der Waals surface area contributed by atoms with Crippen LogP contribution in [0.15, 0.2) is 72.3 Å². The number of allylic oxidation sites excluding steroid dienone is 2. The predicted molar refractivity (Wildman–Crippen MR) is 109 cm³/mol. The van der Waals surface area contributed by atoms with Gasteiger partial charge in [-0.15, -0.1) is 0 Å². The minimum atomic E-state index is -2.46. The van der Waals surface area contributed by atoms with E-state index in [1.54, 1.807) is 0 Å². The zero-order valence-electron chi connectivity index (χ0n) is 15.4. The molecule has 25 heavy (non-hydrogen) atoms. The number of benzene rings is 2. The average Bonchev–Trinajstić information content (AvgIpc) is 2.69. The molecular weight excluding hydrogens is 320 g/mol. The van der Waals surface area contributed by atoms with E-state index in [2.05, 4.69) is 61.2 Å². The lowest BCUT2D eigenvalue weighted by Crippen LogP contribution is -2.62. The van der Waals surface area contributed by atoms with Crippen molar-refractivity contribution in [2.45, 2.75) is 45.6 Å². The van der Waals surface area contributed by atoms with Crippen molar-refractivity contribution in [1.29, 1.82) is 0 Å². The predicted octanol–water partition coefficient (Wildman–Crippen LogP) is 4.51. The summed E-state index contributed by atoms with van der Waals surface area (Å²) in [4.78, 5) is 13.6. The molecule has 0 spiro atoms. The first-order chi connectivity index (χ1) is 12.1. The molecule has 0 atom stereocenters. The van der Waals surface area contributed by atoms with Crippen molar-refractivity contribution in [2.75, 3.05) is 0 Å². The standard InChI is InChI=1S/C23H28OSi/c1-19(18-20-12-6-3-7-13-20)23(24)25(2,21-14-8-4-9-15-21)22-16-10-5-11-17-22/h4-5,8-11,14-18,20H,3,6-7,12-13H2,1-2H3/b19-18+. The molecule has 0 N–H and O–H groups in total. The highest BCUT2D eigenvalue weighted by atomic mass is 28.3. The van der Waals surface area contributed by atoms with E-state index >= 15 is 0 Å². The molecular formula is C23H28OSi. The van der Waals surface area contributed by atoms with Gasteiger partial charge in [-0.05, 0) is 41.6 Å². The lowest BCUT2D eigenvalue weighted by atomic mass is 9.88. The van der Waals surface area contributed by atoms with Crippen molar-refractivity contribution in [2.24, 2.45) is 5.92 Å². The highest BCUT2D eigenvalue weighted by molar-refractivity contribution is 7.23. The van der Waals surface area contributed by atoms with Crippen LogP contribution in [0.25, 0.3) is 0 Å². The molecule has 1 saturated carbocycles. The fraction of sp³-hybridized carbons (Fsp3) is 0.348. The Kier molecular flexibility index (Phi) is 5.69. The number of hydrogen-bond donors (Lipinski definition) is 0. The van der Waals surface area contributed by atoms with Crippen molar-refractivity contribution in [3.05, 3.63) is 72.3 Å². The Hall–Kier alpha value is -1.93. The Labute approximate surface area is 152 Å². The first-order valence-electron chi connectivity index (χ1n) is 9.46. The van der Waals surface area contributed by atoms with E-state index in [4.69, 9.17) is 0 Å². The summed E-state index contributed by atoms with van der Waals surface area (Å²) in [6.45, 7) is 4.24. The van der Waals surface area contributed by atoms with E-state index in [-0.39, 0.29) is 0 Å². The number of rotatable bonds is 5. The SMILES string of the molecule is C/C(=C\C1CCCCC1)C(=O)[Si](C)(c1ccccc1)c1ccccc1. The number of carbonyl (C=O) groups is 1. The lowest BCUT2D eigenvalue weighted by molar-refractivity contribution is -0.109. The smallest absolute Gasteiger partial charge is 0.196 e. The fourth-order valence-corrected chi connectivity index (χ4v) is 7.54. The second-order valence-corrected chi connectivity index (χ2v) is 11.3. The van der Waals surface area contributed by atoms with Crippen molar-refractivity contribution < 1.29 is 4.79 Å². The van der Waals surface area contributed by atoms with E-state index in [0.29, 0.717) is 11.3 Å². The zero-order valence-corrected chi connectivity index (χ0v) is 16.4. The second kappa shape index (κ2) is 7.96. The second-order valence-electron chi connectivity index (χ2n) is 7.43. The molecule has 0 radical (unpaired) electrons. The van der Waals surface area contributed by atoms with Gasteiger partial charge in [-0.2, -0.15) is 0 Å². The highest BCUT2D eigenvalue weighted by Gasteiger charge is 2.40. The Morgan fingerprint density at radius 3 is 1.84 bits per heavy atom. The van der Waals surface area contributed by atoms with Crippen LogP contribution in [0.3, 0.4) is 0 Å². The van der Waals surface area contributed by atoms with Gasteiger partial charge in [0.2, 0.25) is 0 Å². The summed E-state index contributed by atoms with van der Waals surface area (Å²) in [6.07, 6.45) is 8.69. The monoisotopic (exact) mass is 348 g/mol. The lowest BCUT2D eigenvalue weighted by Gasteiger charge is -2.28. The van der Waals surface area contributed by atoms with Gasteiger partial charge in [0, 0.05) is 0 Å². The minimum Gasteiger partial charge on any atom is -0.300 e. The van der Waals surface area contributed by atoms with Gasteiger partial charge in [-0.3, -0.25) is 4.79 Å².